The largest absolute Gasteiger partial charge is 0.481 e. The van der Waals surface area contributed by atoms with Crippen molar-refractivity contribution in [2.75, 3.05) is 0 Å². The Morgan fingerprint density at radius 1 is 0.735 bits per heavy atom. The number of carboxylic acid groups (broad SMARTS) is 3. The first-order valence-corrected chi connectivity index (χ1v) is 10.2. The fourth-order valence-corrected chi connectivity index (χ4v) is 2.76. The summed E-state index contributed by atoms with van der Waals surface area (Å²) in [5, 5.41) is 33.2. The number of hydrogen-bond donors (Lipinski definition) is 8. The Balaban J connectivity index is 5.54. The first kappa shape index (κ1) is 30.2. The number of carbonyl (C=O) groups is 7. The molecule has 4 atom stereocenters. The number of aliphatic carboxylic acids is 3. The molecule has 4 unspecified atom stereocenters. The van der Waals surface area contributed by atoms with E-state index in [1.54, 1.807) is 13.8 Å². The molecule has 0 saturated heterocycles. The van der Waals surface area contributed by atoms with Crippen LogP contribution >= 0.6 is 0 Å². The van der Waals surface area contributed by atoms with Crippen LogP contribution in [0.15, 0.2) is 0 Å². The SMILES string of the molecule is CC(C)CC(N)C(=O)NC(CC(=O)O)C(=O)NC(CC(N)=O)C(=O)NC(CCC(=O)O)C(=O)O. The molecule has 0 aromatic carbocycles. The van der Waals surface area contributed by atoms with Gasteiger partial charge in [-0.05, 0) is 18.8 Å². The van der Waals surface area contributed by atoms with Crippen LogP contribution < -0.4 is 27.4 Å². The molecule has 0 aromatic heterocycles. The van der Waals surface area contributed by atoms with Crippen molar-refractivity contribution < 1.29 is 48.9 Å². The van der Waals surface area contributed by atoms with Crippen molar-refractivity contribution in [3.8, 4) is 0 Å². The highest BCUT2D eigenvalue weighted by atomic mass is 16.4. The summed E-state index contributed by atoms with van der Waals surface area (Å²) in [5.41, 5.74) is 10.8. The second-order valence-corrected chi connectivity index (χ2v) is 7.96. The van der Waals surface area contributed by atoms with Crippen molar-refractivity contribution in [1.82, 2.24) is 16.0 Å². The predicted octanol–water partition coefficient (Wildman–Crippen LogP) is -2.89. The van der Waals surface area contributed by atoms with Gasteiger partial charge in [0.2, 0.25) is 23.6 Å². The Morgan fingerprint density at radius 3 is 1.62 bits per heavy atom. The average Bonchev–Trinajstić information content (AvgIpc) is 2.68. The Labute approximate surface area is 194 Å². The van der Waals surface area contributed by atoms with Gasteiger partial charge in [0, 0.05) is 6.42 Å². The van der Waals surface area contributed by atoms with Gasteiger partial charge in [0.05, 0.1) is 18.9 Å². The summed E-state index contributed by atoms with van der Waals surface area (Å²) in [6, 6.07) is -6.10. The molecule has 0 rings (SSSR count). The maximum Gasteiger partial charge on any atom is 0.326 e. The van der Waals surface area contributed by atoms with Crippen LogP contribution in [0.25, 0.3) is 0 Å². The van der Waals surface area contributed by atoms with Gasteiger partial charge in [-0.25, -0.2) is 4.79 Å². The maximum atomic E-state index is 12.6. The summed E-state index contributed by atoms with van der Waals surface area (Å²) in [4.78, 5) is 81.9. The molecule has 0 heterocycles. The van der Waals surface area contributed by atoms with Crippen LogP contribution in [0.4, 0.5) is 0 Å². The van der Waals surface area contributed by atoms with Gasteiger partial charge >= 0.3 is 17.9 Å². The van der Waals surface area contributed by atoms with Crippen molar-refractivity contribution in [1.29, 1.82) is 0 Å². The number of rotatable bonds is 16. The Morgan fingerprint density at radius 2 is 1.21 bits per heavy atom. The zero-order valence-electron chi connectivity index (χ0n) is 18.8. The highest BCUT2D eigenvalue weighted by Crippen LogP contribution is 2.05. The smallest absolute Gasteiger partial charge is 0.326 e. The predicted molar refractivity (Wildman–Crippen MR) is 114 cm³/mol. The Hall–Kier alpha value is -3.75. The number of amides is 4. The summed E-state index contributed by atoms with van der Waals surface area (Å²) in [7, 11) is 0. The molecule has 10 N–H and O–H groups in total. The second kappa shape index (κ2) is 14.4. The third kappa shape index (κ3) is 12.3. The average molecular weight is 489 g/mol. The van der Waals surface area contributed by atoms with E-state index in [-0.39, 0.29) is 12.3 Å². The zero-order chi connectivity index (χ0) is 26.6. The lowest BCUT2D eigenvalue weighted by atomic mass is 10.0. The second-order valence-electron chi connectivity index (χ2n) is 7.96. The first-order valence-electron chi connectivity index (χ1n) is 10.2. The summed E-state index contributed by atoms with van der Waals surface area (Å²) in [5.74, 6) is -8.53. The number of nitrogens with one attached hydrogen (secondary N) is 3. The van der Waals surface area contributed by atoms with E-state index in [2.05, 4.69) is 10.6 Å². The van der Waals surface area contributed by atoms with Crippen LogP contribution in [0, 0.1) is 5.92 Å². The quantitative estimate of drug-likeness (QED) is 0.109. The van der Waals surface area contributed by atoms with Gasteiger partial charge in [0.15, 0.2) is 0 Å². The van der Waals surface area contributed by atoms with Crippen LogP contribution in [0.3, 0.4) is 0 Å². The zero-order valence-corrected chi connectivity index (χ0v) is 18.8. The van der Waals surface area contributed by atoms with Gasteiger partial charge in [0.1, 0.15) is 18.1 Å². The minimum atomic E-state index is -1.73. The molecule has 0 bridgehead atoms. The van der Waals surface area contributed by atoms with Crippen molar-refractivity contribution in [3.05, 3.63) is 0 Å². The van der Waals surface area contributed by atoms with Crippen LogP contribution in [0.2, 0.25) is 0 Å². The highest BCUT2D eigenvalue weighted by Gasteiger charge is 2.32. The van der Waals surface area contributed by atoms with Gasteiger partial charge in [-0.15, -0.1) is 0 Å². The van der Waals surface area contributed by atoms with E-state index in [1.165, 1.54) is 0 Å². The fourth-order valence-electron chi connectivity index (χ4n) is 2.76. The lowest BCUT2D eigenvalue weighted by molar-refractivity contribution is -0.144. The topological polar surface area (TPSA) is 268 Å². The number of hydrogen-bond acceptors (Lipinski definition) is 8. The lowest BCUT2D eigenvalue weighted by Crippen LogP contribution is -2.58. The standard InChI is InChI=1S/C19H31N5O10/c1-8(2)5-9(20)16(30)23-12(7-15(28)29)18(32)24-11(6-13(21)25)17(31)22-10(19(33)34)3-4-14(26)27/h8-12H,3-7,20H2,1-2H3,(H2,21,25)(H,22,31)(H,23,30)(H,24,32)(H,26,27)(H,28,29)(H,33,34). The van der Waals surface area contributed by atoms with Gasteiger partial charge in [-0.1, -0.05) is 13.8 Å². The highest BCUT2D eigenvalue weighted by molar-refractivity contribution is 5.97. The molecular weight excluding hydrogens is 458 g/mol. The van der Waals surface area contributed by atoms with E-state index >= 15 is 0 Å². The minimum absolute atomic E-state index is 0.0273. The lowest BCUT2D eigenvalue weighted by Gasteiger charge is -2.24. The Kier molecular flexibility index (Phi) is 12.8. The van der Waals surface area contributed by atoms with Gasteiger partial charge < -0.3 is 42.7 Å². The maximum absolute atomic E-state index is 12.6. The molecule has 0 fully saturated rings. The molecule has 0 aromatic rings. The summed E-state index contributed by atoms with van der Waals surface area (Å²) >= 11 is 0. The van der Waals surface area contributed by atoms with Crippen LogP contribution in [-0.2, 0) is 33.6 Å². The summed E-state index contributed by atoms with van der Waals surface area (Å²) in [6.45, 7) is 3.59. The van der Waals surface area contributed by atoms with Crippen LogP contribution in [0.1, 0.15) is 46.0 Å². The summed E-state index contributed by atoms with van der Waals surface area (Å²) in [6.07, 6.45) is -2.50. The van der Waals surface area contributed by atoms with Crippen LogP contribution in [-0.4, -0.2) is 81.0 Å². The van der Waals surface area contributed by atoms with E-state index < -0.39 is 91.4 Å². The fraction of sp³-hybridized carbons (Fsp3) is 0.632. The van der Waals surface area contributed by atoms with Crippen LogP contribution in [0.5, 0.6) is 0 Å². The Bertz CT molecular complexity index is 800. The third-order valence-corrected chi connectivity index (χ3v) is 4.37. The molecule has 15 nitrogen and oxygen atoms in total. The molecular formula is C19H31N5O10. The van der Waals surface area contributed by atoms with Crippen molar-refractivity contribution in [2.45, 2.75) is 70.1 Å². The number of primary amides is 1. The molecule has 192 valence electrons. The summed E-state index contributed by atoms with van der Waals surface area (Å²) < 4.78 is 0. The number of carbonyl (C=O) groups excluding carboxylic acids is 4. The van der Waals surface area contributed by atoms with E-state index in [4.69, 9.17) is 21.7 Å². The number of nitrogens with two attached hydrogens (primary N) is 2. The van der Waals surface area contributed by atoms with Crippen molar-refractivity contribution >= 4 is 41.5 Å². The molecule has 0 aliphatic rings. The molecule has 34 heavy (non-hydrogen) atoms. The number of carboxylic acids is 3. The van der Waals surface area contributed by atoms with E-state index in [0.29, 0.717) is 0 Å². The molecule has 0 radical (unpaired) electrons. The molecule has 0 aliphatic heterocycles. The monoisotopic (exact) mass is 489 g/mol. The van der Waals surface area contributed by atoms with E-state index in [1.807, 2.05) is 5.32 Å². The third-order valence-electron chi connectivity index (χ3n) is 4.37. The molecule has 0 aliphatic carbocycles. The van der Waals surface area contributed by atoms with Gasteiger partial charge in [0.25, 0.3) is 0 Å². The normalized spacial score (nSPS) is 14.2. The van der Waals surface area contributed by atoms with E-state index in [9.17, 15) is 38.7 Å². The van der Waals surface area contributed by atoms with E-state index in [0.717, 1.165) is 0 Å². The first-order chi connectivity index (χ1) is 15.6. The minimum Gasteiger partial charge on any atom is -0.481 e. The molecule has 0 saturated carbocycles. The molecule has 0 spiro atoms. The molecule has 4 amide bonds. The van der Waals surface area contributed by atoms with Crippen molar-refractivity contribution in [3.63, 3.8) is 0 Å². The van der Waals surface area contributed by atoms with Gasteiger partial charge in [-0.2, -0.15) is 0 Å². The van der Waals surface area contributed by atoms with Crippen molar-refractivity contribution in [2.24, 2.45) is 17.4 Å². The molecule has 15 heteroatoms. The van der Waals surface area contributed by atoms with Gasteiger partial charge in [-0.3, -0.25) is 28.8 Å².